The van der Waals surface area contributed by atoms with E-state index in [4.69, 9.17) is 0 Å². The number of aromatic nitrogens is 3. The van der Waals surface area contributed by atoms with Crippen LogP contribution in [0.4, 0.5) is 0 Å². The van der Waals surface area contributed by atoms with Crippen molar-refractivity contribution in [2.75, 3.05) is 0 Å². The lowest BCUT2D eigenvalue weighted by Gasteiger charge is -2.04. The fourth-order valence-corrected chi connectivity index (χ4v) is 5.40. The molecule has 134 valence electrons. The van der Waals surface area contributed by atoms with Gasteiger partial charge in [0.25, 0.3) is 5.56 Å². The van der Waals surface area contributed by atoms with Gasteiger partial charge in [-0.1, -0.05) is 0 Å². The van der Waals surface area contributed by atoms with Crippen molar-refractivity contribution in [3.05, 3.63) is 52.5 Å². The van der Waals surface area contributed by atoms with Crippen LogP contribution in [-0.2, 0) is 7.05 Å². The molecule has 0 amide bonds. The number of hydrogen-bond acceptors (Lipinski definition) is 4. The molecule has 2 N–H and O–H groups in total. The van der Waals surface area contributed by atoms with E-state index in [0.717, 1.165) is 27.3 Å². The first kappa shape index (κ1) is 17.1. The summed E-state index contributed by atoms with van der Waals surface area (Å²) in [6.07, 6.45) is 0. The van der Waals surface area contributed by atoms with Crippen molar-refractivity contribution < 1.29 is 0 Å². The van der Waals surface area contributed by atoms with Crippen molar-refractivity contribution in [3.63, 3.8) is 0 Å². The van der Waals surface area contributed by atoms with Gasteiger partial charge in [0.15, 0.2) is 0 Å². The van der Waals surface area contributed by atoms with Crippen molar-refractivity contribution >= 4 is 33.7 Å². The first-order valence-corrected chi connectivity index (χ1v) is 9.91. The third-order valence-corrected chi connectivity index (χ3v) is 6.62. The molecule has 0 aromatic carbocycles. The number of nitrogens with zero attached hydrogens (tertiary/aromatic N) is 1. The van der Waals surface area contributed by atoms with Crippen LogP contribution in [0.1, 0.15) is 19.5 Å². The quantitative estimate of drug-likeness (QED) is 0.542. The van der Waals surface area contributed by atoms with Gasteiger partial charge in [0.1, 0.15) is 5.65 Å². The van der Waals surface area contributed by atoms with Gasteiger partial charge < -0.3 is 4.98 Å². The molecule has 0 saturated carbocycles. The molecule has 0 unspecified atom stereocenters. The van der Waals surface area contributed by atoms with E-state index in [9.17, 15) is 9.59 Å². The predicted molar refractivity (Wildman–Crippen MR) is 110 cm³/mol. The zero-order valence-corrected chi connectivity index (χ0v) is 16.9. The number of nitrogens with one attached hydrogen (secondary N) is 2. The molecule has 0 aliphatic carbocycles. The van der Waals surface area contributed by atoms with Crippen molar-refractivity contribution in [3.8, 4) is 22.4 Å². The third-order valence-electron chi connectivity index (χ3n) is 4.69. The molecule has 0 aliphatic rings. The van der Waals surface area contributed by atoms with Crippen LogP contribution >= 0.6 is 22.7 Å². The van der Waals surface area contributed by atoms with Gasteiger partial charge in [-0.25, -0.2) is 4.79 Å². The molecule has 0 saturated heterocycles. The summed E-state index contributed by atoms with van der Waals surface area (Å²) in [5, 5.41) is 0.534. The number of hydrogen-bond donors (Lipinski definition) is 2. The van der Waals surface area contributed by atoms with Crippen molar-refractivity contribution in [2.24, 2.45) is 7.05 Å². The number of aromatic amines is 2. The summed E-state index contributed by atoms with van der Waals surface area (Å²) >= 11 is 3.44. The van der Waals surface area contributed by atoms with E-state index >= 15 is 0 Å². The average Bonchev–Trinajstić information content (AvgIpc) is 3.19. The third kappa shape index (κ3) is 2.42. The lowest BCUT2D eigenvalue weighted by molar-refractivity contribution is 0.833. The van der Waals surface area contributed by atoms with Crippen molar-refractivity contribution in [1.82, 2.24) is 14.5 Å². The summed E-state index contributed by atoms with van der Waals surface area (Å²) in [4.78, 5) is 35.4. The Morgan fingerprint density at radius 1 is 0.885 bits per heavy atom. The molecule has 26 heavy (non-hydrogen) atoms. The van der Waals surface area contributed by atoms with E-state index in [1.54, 1.807) is 29.7 Å². The molecule has 0 fully saturated rings. The molecular formula is C19H19N3O2S2. The van der Waals surface area contributed by atoms with Gasteiger partial charge in [0.05, 0.1) is 11.1 Å². The Hall–Kier alpha value is -2.38. The minimum atomic E-state index is -0.418. The second-order valence-corrected chi connectivity index (χ2v) is 9.49. The highest BCUT2D eigenvalue weighted by atomic mass is 32.1. The average molecular weight is 386 g/mol. The Balaban J connectivity index is 2.23. The van der Waals surface area contributed by atoms with Crippen LogP contribution in [-0.4, -0.2) is 14.5 Å². The minimum Gasteiger partial charge on any atom is -0.340 e. The van der Waals surface area contributed by atoms with Crippen LogP contribution in [0.3, 0.4) is 0 Å². The van der Waals surface area contributed by atoms with Crippen LogP contribution in [0.5, 0.6) is 0 Å². The van der Waals surface area contributed by atoms with E-state index in [1.807, 2.05) is 0 Å². The number of H-pyrrole nitrogens is 2. The summed E-state index contributed by atoms with van der Waals surface area (Å²) < 4.78 is 1.47. The Kier molecular flexibility index (Phi) is 3.82. The van der Waals surface area contributed by atoms with Crippen LogP contribution in [0.2, 0.25) is 0 Å². The van der Waals surface area contributed by atoms with Crippen molar-refractivity contribution in [1.29, 1.82) is 0 Å². The standard InChI is InChI=1S/C19H19N3O2S2/c1-8-6-12(10(3)25-8)14-15-17(22(5)19(24)21-18(15)23)20-16(14)13-7-9(2)26-11(13)4/h6-7,20H,1-5H3,(H,21,23,24). The molecule has 4 heterocycles. The number of rotatable bonds is 2. The molecule has 0 aliphatic heterocycles. The summed E-state index contributed by atoms with van der Waals surface area (Å²) in [5.74, 6) is 0. The summed E-state index contributed by atoms with van der Waals surface area (Å²) in [5.41, 5.74) is 3.67. The van der Waals surface area contributed by atoms with E-state index in [0.29, 0.717) is 11.0 Å². The maximum atomic E-state index is 12.7. The Morgan fingerprint density at radius 2 is 1.46 bits per heavy atom. The van der Waals surface area contributed by atoms with E-state index in [2.05, 4.69) is 49.8 Å². The number of aryl methyl sites for hydroxylation is 5. The highest BCUT2D eigenvalue weighted by Crippen LogP contribution is 2.42. The minimum absolute atomic E-state index is 0.353. The fourth-order valence-electron chi connectivity index (χ4n) is 3.53. The molecule has 4 aromatic heterocycles. The molecule has 4 rings (SSSR count). The van der Waals surface area contributed by atoms with E-state index in [1.165, 1.54) is 19.2 Å². The summed E-state index contributed by atoms with van der Waals surface area (Å²) in [7, 11) is 1.67. The van der Waals surface area contributed by atoms with Gasteiger partial charge in [0.2, 0.25) is 0 Å². The molecule has 0 atom stereocenters. The molecule has 0 radical (unpaired) electrons. The monoisotopic (exact) mass is 385 g/mol. The number of fused-ring (bicyclic) bond motifs is 1. The Morgan fingerprint density at radius 3 is 2.00 bits per heavy atom. The van der Waals surface area contributed by atoms with E-state index in [-0.39, 0.29) is 5.56 Å². The summed E-state index contributed by atoms with van der Waals surface area (Å²) in [6.45, 7) is 8.29. The smallest absolute Gasteiger partial charge is 0.329 e. The lowest BCUT2D eigenvalue weighted by atomic mass is 10.00. The molecule has 0 bridgehead atoms. The van der Waals surface area contributed by atoms with Gasteiger partial charge in [-0.3, -0.25) is 14.3 Å². The first-order chi connectivity index (χ1) is 12.3. The van der Waals surface area contributed by atoms with E-state index < -0.39 is 5.69 Å². The van der Waals surface area contributed by atoms with Crippen LogP contribution in [0, 0.1) is 27.7 Å². The fraction of sp³-hybridized carbons (Fsp3) is 0.263. The highest BCUT2D eigenvalue weighted by Gasteiger charge is 2.23. The highest BCUT2D eigenvalue weighted by molar-refractivity contribution is 7.12. The maximum absolute atomic E-state index is 12.7. The van der Waals surface area contributed by atoms with Gasteiger partial charge in [0, 0.05) is 37.7 Å². The van der Waals surface area contributed by atoms with Crippen LogP contribution in [0.15, 0.2) is 21.7 Å². The second kappa shape index (κ2) is 5.82. The van der Waals surface area contributed by atoms with Crippen LogP contribution in [0.25, 0.3) is 33.4 Å². The summed E-state index contributed by atoms with van der Waals surface area (Å²) in [6, 6.07) is 4.25. The van der Waals surface area contributed by atoms with Gasteiger partial charge in [-0.15, -0.1) is 22.7 Å². The van der Waals surface area contributed by atoms with Crippen molar-refractivity contribution in [2.45, 2.75) is 27.7 Å². The first-order valence-electron chi connectivity index (χ1n) is 8.27. The topological polar surface area (TPSA) is 70.7 Å². The Bertz CT molecular complexity index is 1280. The largest absolute Gasteiger partial charge is 0.340 e. The SMILES string of the molecule is Cc1cc(-c2[nH]c3c(c2-c2cc(C)sc2C)c(=O)[nH]c(=O)n3C)c(C)s1. The zero-order chi connectivity index (χ0) is 18.7. The van der Waals surface area contributed by atoms with Gasteiger partial charge in [-0.05, 0) is 45.4 Å². The normalized spacial score (nSPS) is 11.6. The molecular weight excluding hydrogens is 366 g/mol. The number of thiophene rings is 2. The molecule has 5 nitrogen and oxygen atoms in total. The molecule has 4 aromatic rings. The maximum Gasteiger partial charge on any atom is 0.329 e. The zero-order valence-electron chi connectivity index (χ0n) is 15.2. The van der Waals surface area contributed by atoms with Gasteiger partial charge in [-0.2, -0.15) is 0 Å². The predicted octanol–water partition coefficient (Wildman–Crippen LogP) is 4.25. The molecule has 7 heteroatoms. The van der Waals surface area contributed by atoms with Crippen LogP contribution < -0.4 is 11.2 Å². The Labute approximate surface area is 158 Å². The second-order valence-electron chi connectivity index (χ2n) is 6.57. The van der Waals surface area contributed by atoms with Gasteiger partial charge >= 0.3 is 5.69 Å². The lowest BCUT2D eigenvalue weighted by Crippen LogP contribution is -2.28. The molecule has 0 spiro atoms.